The van der Waals surface area contributed by atoms with Crippen LogP contribution in [-0.4, -0.2) is 4.98 Å². The molecule has 18 heavy (non-hydrogen) atoms. The van der Waals surface area contributed by atoms with Gasteiger partial charge in [-0.3, -0.25) is 16.3 Å². The zero-order chi connectivity index (χ0) is 13.0. The largest absolute Gasteiger partial charge is 0.271 e. The highest BCUT2D eigenvalue weighted by Gasteiger charge is 2.13. The first-order valence-corrected chi connectivity index (χ1v) is 6.30. The highest BCUT2D eigenvalue weighted by molar-refractivity contribution is 9.10. The SMILES string of the molecule is NNC(Cc1cc(F)ccc1Br)c1cccnc1. The van der Waals surface area contributed by atoms with Crippen LogP contribution in [0.3, 0.4) is 0 Å². The molecule has 94 valence electrons. The van der Waals surface area contributed by atoms with Gasteiger partial charge in [-0.05, 0) is 41.8 Å². The van der Waals surface area contributed by atoms with E-state index in [2.05, 4.69) is 26.3 Å². The summed E-state index contributed by atoms with van der Waals surface area (Å²) in [6.45, 7) is 0. The van der Waals surface area contributed by atoms with Gasteiger partial charge in [0.2, 0.25) is 0 Å². The minimum atomic E-state index is -0.254. The first kappa shape index (κ1) is 13.1. The standard InChI is InChI=1S/C13H13BrFN3/c14-12-4-3-11(15)6-10(12)7-13(18-16)9-2-1-5-17-8-9/h1-6,8,13,18H,7,16H2. The van der Waals surface area contributed by atoms with Crippen LogP contribution in [-0.2, 0) is 6.42 Å². The van der Waals surface area contributed by atoms with E-state index < -0.39 is 0 Å². The Kier molecular flexibility index (Phi) is 4.41. The average molecular weight is 310 g/mol. The van der Waals surface area contributed by atoms with Crippen molar-refractivity contribution in [3.63, 3.8) is 0 Å². The van der Waals surface area contributed by atoms with Gasteiger partial charge < -0.3 is 0 Å². The molecule has 0 radical (unpaired) electrons. The summed E-state index contributed by atoms with van der Waals surface area (Å²) >= 11 is 3.41. The highest BCUT2D eigenvalue weighted by Crippen LogP contribution is 2.24. The Balaban J connectivity index is 2.23. The lowest BCUT2D eigenvalue weighted by Gasteiger charge is -2.16. The number of nitrogens with zero attached hydrogens (tertiary/aromatic N) is 1. The molecule has 1 heterocycles. The molecule has 5 heteroatoms. The molecule has 0 bridgehead atoms. The van der Waals surface area contributed by atoms with Crippen LogP contribution in [0.25, 0.3) is 0 Å². The Bertz CT molecular complexity index is 519. The van der Waals surface area contributed by atoms with Gasteiger partial charge in [0.05, 0.1) is 6.04 Å². The number of nitrogens with one attached hydrogen (secondary N) is 1. The molecule has 0 saturated carbocycles. The molecular formula is C13H13BrFN3. The molecule has 3 N–H and O–H groups in total. The van der Waals surface area contributed by atoms with Gasteiger partial charge in [0.25, 0.3) is 0 Å². The fourth-order valence-electron chi connectivity index (χ4n) is 1.77. The third-order valence-corrected chi connectivity index (χ3v) is 3.49. The van der Waals surface area contributed by atoms with Gasteiger partial charge in [0.1, 0.15) is 5.82 Å². The van der Waals surface area contributed by atoms with E-state index in [1.807, 2.05) is 12.1 Å². The van der Waals surface area contributed by atoms with Crippen LogP contribution in [0.1, 0.15) is 17.2 Å². The van der Waals surface area contributed by atoms with Crippen LogP contribution in [0.5, 0.6) is 0 Å². The van der Waals surface area contributed by atoms with E-state index in [9.17, 15) is 4.39 Å². The number of benzene rings is 1. The van der Waals surface area contributed by atoms with Crippen LogP contribution < -0.4 is 11.3 Å². The lowest BCUT2D eigenvalue weighted by molar-refractivity contribution is 0.546. The number of hydrazine groups is 1. The molecule has 0 aliphatic carbocycles. The maximum absolute atomic E-state index is 13.2. The predicted molar refractivity (Wildman–Crippen MR) is 72.1 cm³/mol. The molecule has 0 aliphatic rings. The van der Waals surface area contributed by atoms with Gasteiger partial charge >= 0.3 is 0 Å². The number of nitrogens with two attached hydrogens (primary N) is 1. The van der Waals surface area contributed by atoms with Gasteiger partial charge in [0, 0.05) is 16.9 Å². The number of halogens is 2. The molecule has 1 unspecified atom stereocenters. The van der Waals surface area contributed by atoms with E-state index in [1.54, 1.807) is 18.5 Å². The van der Waals surface area contributed by atoms with Crippen molar-refractivity contribution in [3.05, 3.63) is 64.1 Å². The Hall–Kier alpha value is -1.30. The van der Waals surface area contributed by atoms with Crippen molar-refractivity contribution in [2.24, 2.45) is 5.84 Å². The summed E-state index contributed by atoms with van der Waals surface area (Å²) in [5, 5.41) is 0. The molecule has 2 rings (SSSR count). The predicted octanol–water partition coefficient (Wildman–Crippen LogP) is 2.73. The van der Waals surface area contributed by atoms with Crippen LogP contribution in [0, 0.1) is 5.82 Å². The van der Waals surface area contributed by atoms with Crippen LogP contribution in [0.4, 0.5) is 4.39 Å². The summed E-state index contributed by atoms with van der Waals surface area (Å²) in [6, 6.07) is 8.30. The van der Waals surface area contributed by atoms with E-state index in [0.717, 1.165) is 15.6 Å². The highest BCUT2D eigenvalue weighted by atomic mass is 79.9. The first-order valence-electron chi connectivity index (χ1n) is 5.50. The molecule has 0 amide bonds. The Morgan fingerprint density at radius 1 is 1.39 bits per heavy atom. The Labute approximate surface area is 113 Å². The summed E-state index contributed by atoms with van der Waals surface area (Å²) in [4.78, 5) is 4.05. The van der Waals surface area contributed by atoms with Gasteiger partial charge in [-0.25, -0.2) is 4.39 Å². The number of aromatic nitrogens is 1. The summed E-state index contributed by atoms with van der Waals surface area (Å²) in [7, 11) is 0. The second-order valence-corrected chi connectivity index (χ2v) is 4.80. The van der Waals surface area contributed by atoms with Crippen molar-refractivity contribution in [1.82, 2.24) is 10.4 Å². The van der Waals surface area contributed by atoms with Crippen molar-refractivity contribution >= 4 is 15.9 Å². The summed E-state index contributed by atoms with van der Waals surface area (Å²) < 4.78 is 14.1. The second kappa shape index (κ2) is 6.04. The topological polar surface area (TPSA) is 50.9 Å². The van der Waals surface area contributed by atoms with Crippen molar-refractivity contribution in [3.8, 4) is 0 Å². The minimum Gasteiger partial charge on any atom is -0.271 e. The summed E-state index contributed by atoms with van der Waals surface area (Å²) in [6.07, 6.45) is 4.04. The van der Waals surface area contributed by atoms with Gasteiger partial charge in [-0.1, -0.05) is 22.0 Å². The molecule has 1 aromatic heterocycles. The van der Waals surface area contributed by atoms with Crippen LogP contribution in [0.2, 0.25) is 0 Å². The number of hydrogen-bond acceptors (Lipinski definition) is 3. The van der Waals surface area contributed by atoms with Crippen LogP contribution in [0.15, 0.2) is 47.2 Å². The Morgan fingerprint density at radius 2 is 2.22 bits per heavy atom. The maximum Gasteiger partial charge on any atom is 0.123 e. The molecule has 3 nitrogen and oxygen atoms in total. The fourth-order valence-corrected chi connectivity index (χ4v) is 2.18. The van der Waals surface area contributed by atoms with Crippen molar-refractivity contribution in [2.45, 2.75) is 12.5 Å². The monoisotopic (exact) mass is 309 g/mol. The normalized spacial score (nSPS) is 12.4. The van der Waals surface area contributed by atoms with E-state index >= 15 is 0 Å². The number of rotatable bonds is 4. The number of pyridine rings is 1. The van der Waals surface area contributed by atoms with Crippen LogP contribution >= 0.6 is 15.9 Å². The Morgan fingerprint density at radius 3 is 2.89 bits per heavy atom. The van der Waals surface area contributed by atoms with Gasteiger partial charge in [0.15, 0.2) is 0 Å². The van der Waals surface area contributed by atoms with Crippen molar-refractivity contribution in [1.29, 1.82) is 0 Å². The zero-order valence-corrected chi connectivity index (χ0v) is 11.2. The molecule has 1 aromatic carbocycles. The third kappa shape index (κ3) is 3.13. The molecule has 0 spiro atoms. The minimum absolute atomic E-state index is 0.100. The van der Waals surface area contributed by atoms with Crippen molar-refractivity contribution < 1.29 is 4.39 Å². The lowest BCUT2D eigenvalue weighted by Crippen LogP contribution is -2.29. The smallest absolute Gasteiger partial charge is 0.123 e. The summed E-state index contributed by atoms with van der Waals surface area (Å²) in [5.74, 6) is 5.30. The first-order chi connectivity index (χ1) is 8.70. The molecule has 0 fully saturated rings. The number of hydrogen-bond donors (Lipinski definition) is 2. The third-order valence-electron chi connectivity index (χ3n) is 2.72. The average Bonchev–Trinajstić information content (AvgIpc) is 2.41. The molecule has 0 saturated heterocycles. The molecule has 1 atom stereocenters. The molecule has 2 aromatic rings. The zero-order valence-electron chi connectivity index (χ0n) is 9.61. The fraction of sp³-hybridized carbons (Fsp3) is 0.154. The van der Waals surface area contributed by atoms with Crippen molar-refractivity contribution in [2.75, 3.05) is 0 Å². The van der Waals surface area contributed by atoms with E-state index in [-0.39, 0.29) is 11.9 Å². The van der Waals surface area contributed by atoms with E-state index in [1.165, 1.54) is 12.1 Å². The van der Waals surface area contributed by atoms with Gasteiger partial charge in [-0.15, -0.1) is 0 Å². The summed E-state index contributed by atoms with van der Waals surface area (Å²) in [5.41, 5.74) is 4.56. The second-order valence-electron chi connectivity index (χ2n) is 3.95. The molecular weight excluding hydrogens is 297 g/mol. The van der Waals surface area contributed by atoms with Gasteiger partial charge in [-0.2, -0.15) is 0 Å². The molecule has 0 aliphatic heterocycles. The maximum atomic E-state index is 13.2. The quantitative estimate of drug-likeness (QED) is 0.674. The lowest BCUT2D eigenvalue weighted by atomic mass is 10.0. The van der Waals surface area contributed by atoms with E-state index in [0.29, 0.717) is 6.42 Å². The van der Waals surface area contributed by atoms with E-state index in [4.69, 9.17) is 5.84 Å².